The molecule has 0 saturated heterocycles. The van der Waals surface area contributed by atoms with E-state index in [-0.39, 0.29) is 5.91 Å². The minimum absolute atomic E-state index is 0.0239. The van der Waals surface area contributed by atoms with Crippen LogP contribution in [0.3, 0.4) is 0 Å². The van der Waals surface area contributed by atoms with Gasteiger partial charge in [-0.3, -0.25) is 9.78 Å². The van der Waals surface area contributed by atoms with Crippen LogP contribution in [0.1, 0.15) is 12.0 Å². The van der Waals surface area contributed by atoms with Gasteiger partial charge in [0.15, 0.2) is 0 Å². The van der Waals surface area contributed by atoms with E-state index in [1.165, 1.54) is 5.56 Å². The van der Waals surface area contributed by atoms with E-state index >= 15 is 0 Å². The summed E-state index contributed by atoms with van der Waals surface area (Å²) in [5.41, 5.74) is 3.80. The standard InChI is InChI=1S/C19H19N3O/c1-14-6-2-3-9-16(14)20-13-11-18(23)22-17-10-4-7-15-8-5-12-21-19(15)17/h2-10,12,20H,11,13H2,1H3,(H,22,23). The molecule has 2 N–H and O–H groups in total. The van der Waals surface area contributed by atoms with E-state index < -0.39 is 0 Å². The van der Waals surface area contributed by atoms with E-state index in [0.717, 1.165) is 22.3 Å². The summed E-state index contributed by atoms with van der Waals surface area (Å²) in [7, 11) is 0. The van der Waals surface area contributed by atoms with Crippen LogP contribution < -0.4 is 10.6 Å². The highest BCUT2D eigenvalue weighted by atomic mass is 16.1. The number of aromatic nitrogens is 1. The molecule has 0 aliphatic rings. The number of hydrogen-bond donors (Lipinski definition) is 2. The average molecular weight is 305 g/mol. The summed E-state index contributed by atoms with van der Waals surface area (Å²) >= 11 is 0. The minimum atomic E-state index is -0.0239. The number of rotatable bonds is 5. The Bertz CT molecular complexity index is 824. The molecule has 4 heteroatoms. The maximum Gasteiger partial charge on any atom is 0.226 e. The highest BCUT2D eigenvalue weighted by Crippen LogP contribution is 2.20. The largest absolute Gasteiger partial charge is 0.384 e. The van der Waals surface area contributed by atoms with Crippen molar-refractivity contribution in [1.29, 1.82) is 0 Å². The molecular formula is C19H19N3O. The summed E-state index contributed by atoms with van der Waals surface area (Å²) in [6.07, 6.45) is 2.13. The van der Waals surface area contributed by atoms with Gasteiger partial charge in [-0.05, 0) is 30.7 Å². The highest BCUT2D eigenvalue weighted by molar-refractivity contribution is 6.00. The second-order valence-electron chi connectivity index (χ2n) is 5.42. The Hall–Kier alpha value is -2.88. The van der Waals surface area contributed by atoms with Crippen LogP contribution in [0.4, 0.5) is 11.4 Å². The second kappa shape index (κ2) is 6.92. The number of pyridine rings is 1. The van der Waals surface area contributed by atoms with Gasteiger partial charge >= 0.3 is 0 Å². The first-order chi connectivity index (χ1) is 11.2. The van der Waals surface area contributed by atoms with Gasteiger partial charge in [0, 0.05) is 30.2 Å². The van der Waals surface area contributed by atoms with Gasteiger partial charge in [-0.25, -0.2) is 0 Å². The van der Waals surface area contributed by atoms with Crippen molar-refractivity contribution in [3.05, 3.63) is 66.4 Å². The molecule has 0 spiro atoms. The SMILES string of the molecule is Cc1ccccc1NCCC(=O)Nc1cccc2cccnc12. The number of nitrogens with zero attached hydrogens (tertiary/aromatic N) is 1. The summed E-state index contributed by atoms with van der Waals surface area (Å²) in [6, 6.07) is 17.7. The Morgan fingerprint density at radius 2 is 1.78 bits per heavy atom. The van der Waals surface area contributed by atoms with Crippen molar-refractivity contribution in [3.63, 3.8) is 0 Å². The zero-order valence-corrected chi connectivity index (χ0v) is 13.0. The van der Waals surface area contributed by atoms with Crippen LogP contribution >= 0.6 is 0 Å². The van der Waals surface area contributed by atoms with Crippen LogP contribution in [0.25, 0.3) is 10.9 Å². The first-order valence-electron chi connectivity index (χ1n) is 7.67. The number of amides is 1. The first-order valence-corrected chi connectivity index (χ1v) is 7.67. The zero-order chi connectivity index (χ0) is 16.1. The van der Waals surface area contributed by atoms with Gasteiger partial charge in [-0.15, -0.1) is 0 Å². The molecule has 0 fully saturated rings. The lowest BCUT2D eigenvalue weighted by atomic mass is 10.2. The molecule has 0 bridgehead atoms. The predicted octanol–water partition coefficient (Wildman–Crippen LogP) is 3.98. The molecule has 0 unspecified atom stereocenters. The fourth-order valence-electron chi connectivity index (χ4n) is 2.50. The van der Waals surface area contributed by atoms with Gasteiger partial charge in [-0.1, -0.05) is 36.4 Å². The van der Waals surface area contributed by atoms with E-state index in [0.29, 0.717) is 13.0 Å². The second-order valence-corrected chi connectivity index (χ2v) is 5.42. The number of aryl methyl sites for hydroxylation is 1. The summed E-state index contributed by atoms with van der Waals surface area (Å²) in [6.45, 7) is 2.64. The van der Waals surface area contributed by atoms with Crippen LogP contribution in [0.2, 0.25) is 0 Å². The lowest BCUT2D eigenvalue weighted by Gasteiger charge is -2.10. The van der Waals surface area contributed by atoms with Crippen LogP contribution in [-0.4, -0.2) is 17.4 Å². The molecule has 0 saturated carbocycles. The summed E-state index contributed by atoms with van der Waals surface area (Å²) in [4.78, 5) is 16.5. The van der Waals surface area contributed by atoms with Crippen molar-refractivity contribution in [2.24, 2.45) is 0 Å². The molecule has 0 radical (unpaired) electrons. The zero-order valence-electron chi connectivity index (χ0n) is 13.0. The monoisotopic (exact) mass is 305 g/mol. The molecule has 1 heterocycles. The number of carbonyl (C=O) groups excluding carboxylic acids is 1. The van der Waals surface area contributed by atoms with E-state index in [1.54, 1.807) is 6.20 Å². The Labute approximate surface area is 135 Å². The Balaban J connectivity index is 1.60. The number of carbonyl (C=O) groups is 1. The number of nitrogens with one attached hydrogen (secondary N) is 2. The summed E-state index contributed by atoms with van der Waals surface area (Å²) in [5, 5.41) is 7.25. The molecule has 2 aromatic carbocycles. The van der Waals surface area contributed by atoms with Crippen molar-refractivity contribution >= 4 is 28.2 Å². The van der Waals surface area contributed by atoms with E-state index in [9.17, 15) is 4.79 Å². The lowest BCUT2D eigenvalue weighted by molar-refractivity contribution is -0.115. The molecule has 1 amide bonds. The van der Waals surface area contributed by atoms with Crippen LogP contribution in [-0.2, 0) is 4.79 Å². The molecule has 0 aliphatic heterocycles. The van der Waals surface area contributed by atoms with Gasteiger partial charge < -0.3 is 10.6 Å². The molecule has 4 nitrogen and oxygen atoms in total. The van der Waals surface area contributed by atoms with E-state index in [4.69, 9.17) is 0 Å². The Morgan fingerprint density at radius 1 is 1.00 bits per heavy atom. The molecule has 0 atom stereocenters. The third-order valence-electron chi connectivity index (χ3n) is 3.72. The third-order valence-corrected chi connectivity index (χ3v) is 3.72. The van der Waals surface area contributed by atoms with Gasteiger partial charge in [0.2, 0.25) is 5.91 Å². The fourth-order valence-corrected chi connectivity index (χ4v) is 2.50. The Kier molecular flexibility index (Phi) is 4.52. The summed E-state index contributed by atoms with van der Waals surface area (Å²) in [5.74, 6) is -0.0239. The lowest BCUT2D eigenvalue weighted by Crippen LogP contribution is -2.16. The van der Waals surface area contributed by atoms with Crippen LogP contribution in [0.5, 0.6) is 0 Å². The number of para-hydroxylation sites is 2. The molecule has 116 valence electrons. The molecular weight excluding hydrogens is 286 g/mol. The maximum absolute atomic E-state index is 12.2. The molecule has 0 aliphatic carbocycles. The Morgan fingerprint density at radius 3 is 2.65 bits per heavy atom. The van der Waals surface area contributed by atoms with E-state index in [2.05, 4.69) is 15.6 Å². The smallest absolute Gasteiger partial charge is 0.226 e. The number of benzene rings is 2. The quantitative estimate of drug-likeness (QED) is 0.749. The van der Waals surface area contributed by atoms with Crippen molar-refractivity contribution < 1.29 is 4.79 Å². The topological polar surface area (TPSA) is 54.0 Å². The predicted molar refractivity (Wildman–Crippen MR) is 94.7 cm³/mol. The van der Waals surface area contributed by atoms with Crippen molar-refractivity contribution in [3.8, 4) is 0 Å². The first kappa shape index (κ1) is 15.0. The number of hydrogen-bond acceptors (Lipinski definition) is 3. The minimum Gasteiger partial charge on any atom is -0.384 e. The number of anilines is 2. The molecule has 3 aromatic rings. The number of fused-ring (bicyclic) bond motifs is 1. The molecule has 23 heavy (non-hydrogen) atoms. The maximum atomic E-state index is 12.2. The van der Waals surface area contributed by atoms with Gasteiger partial charge in [0.1, 0.15) is 0 Å². The van der Waals surface area contributed by atoms with Crippen molar-refractivity contribution in [1.82, 2.24) is 4.98 Å². The summed E-state index contributed by atoms with van der Waals surface area (Å²) < 4.78 is 0. The van der Waals surface area contributed by atoms with Crippen LogP contribution in [0.15, 0.2) is 60.8 Å². The average Bonchev–Trinajstić information content (AvgIpc) is 2.57. The van der Waals surface area contributed by atoms with Gasteiger partial charge in [0.05, 0.1) is 11.2 Å². The highest BCUT2D eigenvalue weighted by Gasteiger charge is 2.06. The van der Waals surface area contributed by atoms with E-state index in [1.807, 2.05) is 61.5 Å². The van der Waals surface area contributed by atoms with Crippen molar-refractivity contribution in [2.75, 3.05) is 17.2 Å². The van der Waals surface area contributed by atoms with Crippen molar-refractivity contribution in [2.45, 2.75) is 13.3 Å². The van der Waals surface area contributed by atoms with Gasteiger partial charge in [0.25, 0.3) is 0 Å². The van der Waals surface area contributed by atoms with Gasteiger partial charge in [-0.2, -0.15) is 0 Å². The fraction of sp³-hybridized carbons (Fsp3) is 0.158. The third kappa shape index (κ3) is 3.66. The molecule has 1 aromatic heterocycles. The van der Waals surface area contributed by atoms with Crippen LogP contribution in [0, 0.1) is 6.92 Å². The normalized spacial score (nSPS) is 10.5. The molecule has 3 rings (SSSR count).